The Bertz CT molecular complexity index is 777. The van der Waals surface area contributed by atoms with Crippen LogP contribution in [-0.2, 0) is 4.79 Å². The van der Waals surface area contributed by atoms with E-state index in [2.05, 4.69) is 11.6 Å². The van der Waals surface area contributed by atoms with Gasteiger partial charge in [-0.2, -0.15) is 70.2 Å². The number of piperidine rings is 1. The first-order chi connectivity index (χ1) is 14.7. The van der Waals surface area contributed by atoms with Gasteiger partial charge in [0.15, 0.2) is 0 Å². The van der Waals surface area contributed by atoms with E-state index in [9.17, 15) is 75.0 Å². The molecular weight excluding hydrogens is 550 g/mol. The summed E-state index contributed by atoms with van der Waals surface area (Å²) in [4.78, 5) is 11.5. The Balaban J connectivity index is 3.58. The molecule has 1 saturated heterocycles. The van der Waals surface area contributed by atoms with Crippen molar-refractivity contribution in [1.29, 1.82) is 0 Å². The van der Waals surface area contributed by atoms with Crippen LogP contribution in [0.2, 0.25) is 0 Å². The summed E-state index contributed by atoms with van der Waals surface area (Å²) in [5.74, 6) is -60.5. The number of hydrogen-bond acceptors (Lipinski definition) is 1. The normalized spacial score (nSPS) is 20.5. The van der Waals surface area contributed by atoms with Crippen molar-refractivity contribution < 1.29 is 75.0 Å². The molecule has 0 radical (unpaired) electrons. The molecule has 1 heterocycles. The smallest absolute Gasteiger partial charge is 0.337 e. The molecule has 0 spiro atoms. The highest BCUT2D eigenvalue weighted by molar-refractivity contribution is 6.22. The molecule has 0 bridgehead atoms. The van der Waals surface area contributed by atoms with Gasteiger partial charge >= 0.3 is 46.8 Å². The number of carbonyl (C=O) groups is 1. The fraction of sp³-hybridized carbons (Fsp3) is 0.933. The van der Waals surface area contributed by atoms with Crippen LogP contribution in [0, 0.1) is 5.92 Å². The second-order valence-corrected chi connectivity index (χ2v) is 7.99. The first-order valence-electron chi connectivity index (χ1n) is 8.67. The van der Waals surface area contributed by atoms with Gasteiger partial charge in [-0.25, -0.2) is 0 Å². The molecule has 0 aromatic heterocycles. The van der Waals surface area contributed by atoms with E-state index in [1.165, 1.54) is 6.92 Å². The molecule has 1 fully saturated rings. The van der Waals surface area contributed by atoms with Crippen LogP contribution >= 0.6 is 11.6 Å². The van der Waals surface area contributed by atoms with Gasteiger partial charge < -0.3 is 4.90 Å². The lowest BCUT2D eigenvalue weighted by atomic mass is 9.88. The van der Waals surface area contributed by atoms with E-state index in [0.717, 1.165) is 0 Å². The van der Waals surface area contributed by atoms with E-state index >= 15 is 0 Å². The van der Waals surface area contributed by atoms with Crippen molar-refractivity contribution in [1.82, 2.24) is 4.90 Å². The van der Waals surface area contributed by atoms with E-state index in [0.29, 0.717) is 0 Å². The minimum Gasteiger partial charge on any atom is -0.337 e. The highest BCUT2D eigenvalue weighted by Crippen LogP contribution is 2.64. The van der Waals surface area contributed by atoms with Crippen LogP contribution in [-0.4, -0.2) is 70.7 Å². The molecule has 2 nitrogen and oxygen atoms in total. The fourth-order valence-corrected chi connectivity index (χ4v) is 2.99. The molecule has 1 unspecified atom stereocenters. The topological polar surface area (TPSA) is 20.3 Å². The lowest BCUT2D eigenvalue weighted by Crippen LogP contribution is -2.75. The van der Waals surface area contributed by atoms with Crippen LogP contribution in [0.1, 0.15) is 19.8 Å². The molecule has 34 heavy (non-hydrogen) atoms. The van der Waals surface area contributed by atoms with E-state index in [1.54, 1.807) is 0 Å². The van der Waals surface area contributed by atoms with E-state index in [-0.39, 0.29) is 17.7 Å². The van der Waals surface area contributed by atoms with Crippen LogP contribution in [0.3, 0.4) is 0 Å². The summed E-state index contributed by atoms with van der Waals surface area (Å²) in [5.41, 5.74) is 0. The van der Waals surface area contributed by atoms with Gasteiger partial charge in [-0.1, -0.05) is 6.92 Å². The summed E-state index contributed by atoms with van der Waals surface area (Å²) < 4.78 is 215. The van der Waals surface area contributed by atoms with Crippen molar-refractivity contribution in [3.63, 3.8) is 0 Å². The van der Waals surface area contributed by atoms with Crippen molar-refractivity contribution in [3.8, 4) is 0 Å². The van der Waals surface area contributed by atoms with Gasteiger partial charge in [-0.15, -0.1) is 0 Å². The third-order valence-corrected chi connectivity index (χ3v) is 5.17. The van der Waals surface area contributed by atoms with Gasteiger partial charge in [0.1, 0.15) is 0 Å². The monoisotopic (exact) mass is 561 g/mol. The van der Waals surface area contributed by atoms with Crippen molar-refractivity contribution in [2.24, 2.45) is 5.92 Å². The minimum absolute atomic E-state index is 0.173. The Morgan fingerprint density at radius 2 is 1.03 bits per heavy atom. The van der Waals surface area contributed by atoms with E-state index in [1.807, 2.05) is 0 Å². The summed E-state index contributed by atoms with van der Waals surface area (Å²) in [6.45, 7) is -0.353. The molecule has 0 aromatic carbocycles. The summed E-state index contributed by atoms with van der Waals surface area (Å²) in [6, 6.07) is 0. The molecule has 0 aliphatic carbocycles. The third kappa shape index (κ3) is 4.04. The highest BCUT2D eigenvalue weighted by Gasteiger charge is 2.95. The zero-order chi connectivity index (χ0) is 27.6. The number of amides is 1. The molecule has 1 amide bonds. The van der Waals surface area contributed by atoms with Gasteiger partial charge in [0, 0.05) is 13.1 Å². The fourth-order valence-electron chi connectivity index (χ4n) is 2.87. The van der Waals surface area contributed by atoms with Crippen molar-refractivity contribution in [3.05, 3.63) is 0 Å². The maximum atomic E-state index is 14.0. The number of halogens is 17. The maximum absolute atomic E-state index is 14.0. The highest BCUT2D eigenvalue weighted by atomic mass is 35.5. The number of nitrogens with zero attached hydrogens (tertiary/aromatic N) is 1. The molecule has 1 rings (SSSR count). The van der Waals surface area contributed by atoms with Gasteiger partial charge in [0.25, 0.3) is 5.91 Å². The lowest BCUT2D eigenvalue weighted by molar-refractivity contribution is -0.446. The van der Waals surface area contributed by atoms with E-state index < -0.39 is 71.8 Å². The second kappa shape index (κ2) is 8.35. The molecule has 0 aromatic rings. The second-order valence-electron chi connectivity index (χ2n) is 7.52. The first-order valence-corrected chi connectivity index (χ1v) is 9.04. The lowest BCUT2D eigenvalue weighted by Gasteiger charge is -2.43. The van der Waals surface area contributed by atoms with Crippen molar-refractivity contribution in [2.45, 2.75) is 66.6 Å². The predicted octanol–water partition coefficient (Wildman–Crippen LogP) is 6.52. The first kappa shape index (κ1) is 30.7. The molecule has 0 N–H and O–H groups in total. The zero-order valence-corrected chi connectivity index (χ0v) is 16.9. The van der Waals surface area contributed by atoms with Crippen LogP contribution < -0.4 is 0 Å². The van der Waals surface area contributed by atoms with Gasteiger partial charge in [0.05, 0.1) is 0 Å². The van der Waals surface area contributed by atoms with Crippen LogP contribution in [0.4, 0.5) is 70.2 Å². The van der Waals surface area contributed by atoms with Crippen LogP contribution in [0.25, 0.3) is 0 Å². The number of alkyl halides is 17. The zero-order valence-electron chi connectivity index (χ0n) is 16.2. The van der Waals surface area contributed by atoms with Gasteiger partial charge in [-0.3, -0.25) is 4.79 Å². The van der Waals surface area contributed by atoms with Gasteiger partial charge in [0.2, 0.25) is 0 Å². The molecule has 0 saturated carbocycles. The Morgan fingerprint density at radius 1 is 0.676 bits per heavy atom. The number of likely N-dealkylation sites (tertiary alicyclic amines) is 1. The quantitative estimate of drug-likeness (QED) is 0.244. The number of rotatable bonds is 8. The molecule has 1 aliphatic rings. The average Bonchev–Trinajstić information content (AvgIpc) is 2.65. The molecule has 19 heteroatoms. The predicted molar refractivity (Wildman–Crippen MR) is 80.4 cm³/mol. The number of carbonyl (C=O) groups excluding carboxylic acids is 1. The minimum atomic E-state index is -8.57. The molecule has 1 aliphatic heterocycles. The standard InChI is InChI=1S/C15H12ClF16NO/c1-6-3-2-4-33(5-6)7(34)8(17,18)9(19,20)10(21,22)11(23,24)12(25,26)13(27,28)14(29,30)15(16,31)32/h6H,2-5H2,1H3. The summed E-state index contributed by atoms with van der Waals surface area (Å²) in [7, 11) is 0. The SMILES string of the molecule is CC1CCCN(C(=O)C(F)(F)C(F)(F)C(F)(F)C(F)(F)C(F)(F)C(F)(F)C(F)(F)C(F)(F)Cl)C1. The number of hydrogen-bond donors (Lipinski definition) is 0. The Labute approximate surface area is 184 Å². The van der Waals surface area contributed by atoms with Crippen molar-refractivity contribution in [2.75, 3.05) is 13.1 Å². The Hall–Kier alpha value is -1.36. The largest absolute Gasteiger partial charge is 0.393 e. The average molecular weight is 562 g/mol. The summed E-state index contributed by atoms with van der Waals surface area (Å²) in [6.07, 6.45) is 0.0355. The van der Waals surface area contributed by atoms with Crippen LogP contribution in [0.5, 0.6) is 0 Å². The maximum Gasteiger partial charge on any atom is 0.393 e. The molecule has 1 atom stereocenters. The third-order valence-electron chi connectivity index (χ3n) is 4.93. The Morgan fingerprint density at radius 3 is 1.38 bits per heavy atom. The van der Waals surface area contributed by atoms with Crippen molar-refractivity contribution >= 4 is 17.5 Å². The molecule has 202 valence electrons. The van der Waals surface area contributed by atoms with Crippen LogP contribution in [0.15, 0.2) is 0 Å². The summed E-state index contributed by atoms with van der Waals surface area (Å²) >= 11 is 3.43. The van der Waals surface area contributed by atoms with E-state index in [4.69, 9.17) is 0 Å². The molecular formula is C15H12ClF16NO. The Kier molecular flexibility index (Phi) is 7.53. The summed E-state index contributed by atoms with van der Waals surface area (Å²) in [5, 5.41) is -6.83. The van der Waals surface area contributed by atoms with Gasteiger partial charge in [-0.05, 0) is 30.4 Å².